The molecule has 0 saturated heterocycles. The summed E-state index contributed by atoms with van der Waals surface area (Å²) in [5.74, 6) is 1.83. The van der Waals surface area contributed by atoms with Gasteiger partial charge in [-0.2, -0.15) is 0 Å². The largest absolute Gasteiger partial charge is 0.0654 e. The van der Waals surface area contributed by atoms with Crippen molar-refractivity contribution in [3.05, 3.63) is 0 Å². The molecule has 0 aliphatic heterocycles. The van der Waals surface area contributed by atoms with Crippen LogP contribution in [0.15, 0.2) is 0 Å². The fraction of sp³-hybridized carbons (Fsp3) is 1.00. The molecule has 0 aromatic carbocycles. The quantitative estimate of drug-likeness (QED) is 0.468. The van der Waals surface area contributed by atoms with Crippen LogP contribution < -0.4 is 0 Å². The van der Waals surface area contributed by atoms with Crippen LogP contribution in [-0.4, -0.2) is 0 Å². The number of rotatable bonds is 6. The summed E-state index contributed by atoms with van der Waals surface area (Å²) in [6.07, 6.45) is 9.44. The van der Waals surface area contributed by atoms with E-state index in [1.807, 2.05) is 0 Å². The van der Waals surface area contributed by atoms with Gasteiger partial charge in [0.15, 0.2) is 0 Å². The molecule has 0 fully saturated rings. The first-order chi connectivity index (χ1) is 7.99. The van der Waals surface area contributed by atoms with E-state index < -0.39 is 0 Å². The van der Waals surface area contributed by atoms with E-state index in [1.54, 1.807) is 0 Å². The van der Waals surface area contributed by atoms with E-state index in [0.29, 0.717) is 0 Å². The highest BCUT2D eigenvalue weighted by atomic mass is 13.9. The SMILES string of the molecule is CCC(C)CC.CCCC(C)C.CCCCC. The molecule has 0 aromatic rings. The van der Waals surface area contributed by atoms with Crippen LogP contribution >= 0.6 is 0 Å². The van der Waals surface area contributed by atoms with Gasteiger partial charge in [-0.1, -0.05) is 100 Å². The second kappa shape index (κ2) is 21.3. The van der Waals surface area contributed by atoms with Gasteiger partial charge in [0.05, 0.1) is 0 Å². The highest BCUT2D eigenvalue weighted by Crippen LogP contribution is 2.02. The molecule has 0 saturated carbocycles. The lowest BCUT2D eigenvalue weighted by molar-refractivity contribution is 0.544. The maximum atomic E-state index is 2.28. The zero-order valence-corrected chi connectivity index (χ0v) is 14.1. The minimum Gasteiger partial charge on any atom is -0.0654 e. The molecule has 108 valence electrons. The zero-order valence-electron chi connectivity index (χ0n) is 14.1. The monoisotopic (exact) mass is 244 g/mol. The van der Waals surface area contributed by atoms with Gasteiger partial charge in [0.1, 0.15) is 0 Å². The van der Waals surface area contributed by atoms with Crippen molar-refractivity contribution in [2.45, 2.75) is 100 Å². The van der Waals surface area contributed by atoms with Gasteiger partial charge < -0.3 is 0 Å². The summed E-state index contributed by atoms with van der Waals surface area (Å²) >= 11 is 0. The predicted molar refractivity (Wildman–Crippen MR) is 84.7 cm³/mol. The summed E-state index contributed by atoms with van der Waals surface area (Å²) in [6.45, 7) is 17.9. The molecule has 0 nitrogen and oxygen atoms in total. The lowest BCUT2D eigenvalue weighted by Gasteiger charge is -1.98. The second-order valence-electron chi connectivity index (χ2n) is 5.46. The molecule has 0 heteroatoms. The first-order valence-corrected chi connectivity index (χ1v) is 7.99. The molecular formula is C17H40. The van der Waals surface area contributed by atoms with E-state index >= 15 is 0 Å². The minimum atomic E-state index is 0.898. The second-order valence-corrected chi connectivity index (χ2v) is 5.46. The van der Waals surface area contributed by atoms with Crippen molar-refractivity contribution in [1.82, 2.24) is 0 Å². The molecule has 0 heterocycles. The van der Waals surface area contributed by atoms with Crippen LogP contribution in [0.5, 0.6) is 0 Å². The van der Waals surface area contributed by atoms with Gasteiger partial charge in [-0.15, -0.1) is 0 Å². The fourth-order valence-corrected chi connectivity index (χ4v) is 1.22. The Labute approximate surface area is 113 Å². The Kier molecular flexibility index (Phi) is 27.8. The first-order valence-electron chi connectivity index (χ1n) is 7.99. The van der Waals surface area contributed by atoms with Gasteiger partial charge in [-0.05, 0) is 11.8 Å². The Hall–Kier alpha value is 0. The Morgan fingerprint density at radius 2 is 1.06 bits per heavy atom. The third kappa shape index (κ3) is 38.7. The van der Waals surface area contributed by atoms with Crippen LogP contribution in [0, 0.1) is 11.8 Å². The standard InChI is InChI=1S/2C6H14.C5H12/c1-4-5-6(2)3;1-4-6(3)5-2;1-3-5-4-2/h2*6H,4-5H2,1-3H3;3-5H2,1-2H3. The molecule has 0 atom stereocenters. The molecule has 0 aromatic heterocycles. The summed E-state index contributed by atoms with van der Waals surface area (Å²) in [7, 11) is 0. The van der Waals surface area contributed by atoms with Crippen LogP contribution in [0.4, 0.5) is 0 Å². The van der Waals surface area contributed by atoms with Crippen LogP contribution in [0.3, 0.4) is 0 Å². The summed E-state index contributed by atoms with van der Waals surface area (Å²) in [6, 6.07) is 0. The van der Waals surface area contributed by atoms with Crippen molar-refractivity contribution in [2.75, 3.05) is 0 Å². The van der Waals surface area contributed by atoms with Crippen molar-refractivity contribution < 1.29 is 0 Å². The third-order valence-corrected chi connectivity index (χ3v) is 2.97. The number of unbranched alkanes of at least 4 members (excludes halogenated alkanes) is 2. The van der Waals surface area contributed by atoms with E-state index in [9.17, 15) is 0 Å². The van der Waals surface area contributed by atoms with Crippen LogP contribution in [-0.2, 0) is 0 Å². The van der Waals surface area contributed by atoms with Crippen molar-refractivity contribution in [2.24, 2.45) is 11.8 Å². The molecule has 0 N–H and O–H groups in total. The minimum absolute atomic E-state index is 0.898. The molecule has 0 aliphatic carbocycles. The van der Waals surface area contributed by atoms with Gasteiger partial charge >= 0.3 is 0 Å². The van der Waals surface area contributed by atoms with E-state index in [4.69, 9.17) is 0 Å². The lowest BCUT2D eigenvalue weighted by atomic mass is 10.1. The van der Waals surface area contributed by atoms with Gasteiger partial charge in [0.2, 0.25) is 0 Å². The first kappa shape index (κ1) is 22.2. The normalized spacial score (nSPS) is 9.53. The molecule has 0 spiro atoms. The van der Waals surface area contributed by atoms with Gasteiger partial charge in [0.25, 0.3) is 0 Å². The molecule has 0 aliphatic rings. The highest BCUT2D eigenvalue weighted by Gasteiger charge is 1.88. The fourth-order valence-electron chi connectivity index (χ4n) is 1.22. The topological polar surface area (TPSA) is 0 Å². The smallest absolute Gasteiger partial charge is 0.0448 e. The average Bonchev–Trinajstić information content (AvgIpc) is 2.30. The summed E-state index contributed by atoms with van der Waals surface area (Å²) in [5, 5.41) is 0. The van der Waals surface area contributed by atoms with Gasteiger partial charge in [0, 0.05) is 0 Å². The summed E-state index contributed by atoms with van der Waals surface area (Å²) < 4.78 is 0. The average molecular weight is 245 g/mol. The lowest BCUT2D eigenvalue weighted by Crippen LogP contribution is -1.85. The molecular weight excluding hydrogens is 204 g/mol. The Morgan fingerprint density at radius 3 is 1.06 bits per heavy atom. The van der Waals surface area contributed by atoms with E-state index in [-0.39, 0.29) is 0 Å². The van der Waals surface area contributed by atoms with Gasteiger partial charge in [-0.3, -0.25) is 0 Å². The van der Waals surface area contributed by atoms with Crippen molar-refractivity contribution >= 4 is 0 Å². The zero-order chi connectivity index (χ0) is 14.1. The van der Waals surface area contributed by atoms with Crippen LogP contribution in [0.1, 0.15) is 100 Å². The van der Waals surface area contributed by atoms with E-state index in [1.165, 1.54) is 44.9 Å². The maximum Gasteiger partial charge on any atom is -0.0448 e. The Balaban J connectivity index is -0.000000174. The van der Waals surface area contributed by atoms with Crippen molar-refractivity contribution in [3.8, 4) is 0 Å². The predicted octanol–water partition coefficient (Wildman–Crippen LogP) is 7.08. The number of hydrogen-bond acceptors (Lipinski definition) is 0. The molecule has 0 bridgehead atoms. The summed E-state index contributed by atoms with van der Waals surface area (Å²) in [4.78, 5) is 0. The van der Waals surface area contributed by atoms with Crippen molar-refractivity contribution in [1.29, 1.82) is 0 Å². The molecule has 0 radical (unpaired) electrons. The van der Waals surface area contributed by atoms with E-state index in [2.05, 4.69) is 55.4 Å². The van der Waals surface area contributed by atoms with Crippen LogP contribution in [0.2, 0.25) is 0 Å². The number of hydrogen-bond donors (Lipinski definition) is 0. The van der Waals surface area contributed by atoms with Crippen LogP contribution in [0.25, 0.3) is 0 Å². The van der Waals surface area contributed by atoms with Gasteiger partial charge in [-0.25, -0.2) is 0 Å². The van der Waals surface area contributed by atoms with E-state index in [0.717, 1.165) is 11.8 Å². The maximum absolute atomic E-state index is 2.28. The molecule has 17 heavy (non-hydrogen) atoms. The third-order valence-electron chi connectivity index (χ3n) is 2.97. The highest BCUT2D eigenvalue weighted by molar-refractivity contribution is 4.41. The van der Waals surface area contributed by atoms with Crippen molar-refractivity contribution in [3.63, 3.8) is 0 Å². The Morgan fingerprint density at radius 1 is 0.647 bits per heavy atom. The molecule has 0 amide bonds. The molecule has 0 unspecified atom stereocenters. The summed E-state index contributed by atoms with van der Waals surface area (Å²) in [5.41, 5.74) is 0. The molecule has 0 rings (SSSR count). The Bertz CT molecular complexity index is 88.2.